The van der Waals surface area contributed by atoms with E-state index < -0.39 is 59.9 Å². The fourth-order valence-electron chi connectivity index (χ4n) is 4.85. The maximum Gasteiger partial charge on any atom is 0.416 e. The van der Waals surface area contributed by atoms with E-state index in [1.165, 1.54) is 23.8 Å². The molecule has 7 nitrogen and oxygen atoms in total. The zero-order chi connectivity index (χ0) is 30.7. The van der Waals surface area contributed by atoms with Gasteiger partial charge in [0, 0.05) is 30.0 Å². The number of rotatable bonds is 7. The molecular formula is C27H30F6N2O5S. The molecule has 2 amide bonds. The van der Waals surface area contributed by atoms with Crippen molar-refractivity contribution in [1.29, 1.82) is 0 Å². The van der Waals surface area contributed by atoms with Crippen LogP contribution in [0.5, 0.6) is 5.75 Å². The minimum absolute atomic E-state index is 0.0299. The number of alkyl halides is 6. The van der Waals surface area contributed by atoms with E-state index in [2.05, 4.69) is 0 Å². The third-order valence-electron chi connectivity index (χ3n) is 6.60. The molecule has 226 valence electrons. The summed E-state index contributed by atoms with van der Waals surface area (Å²) in [5.41, 5.74) is -1.89. The number of carbonyl (C=O) groups excluding carboxylic acids is 2. The molecule has 2 aromatic carbocycles. The lowest BCUT2D eigenvalue weighted by molar-refractivity contribution is -0.143. The molecule has 1 heterocycles. The minimum atomic E-state index is -5.05. The van der Waals surface area contributed by atoms with Gasteiger partial charge in [0.05, 0.1) is 43.7 Å². The molecule has 0 aromatic heterocycles. The van der Waals surface area contributed by atoms with Gasteiger partial charge in [0.1, 0.15) is 5.75 Å². The van der Waals surface area contributed by atoms with Crippen molar-refractivity contribution in [3.05, 3.63) is 58.1 Å². The van der Waals surface area contributed by atoms with Gasteiger partial charge in [-0.25, -0.2) is 9.59 Å². The second-order valence-electron chi connectivity index (χ2n) is 9.34. The van der Waals surface area contributed by atoms with E-state index in [4.69, 9.17) is 14.2 Å². The molecule has 3 rings (SSSR count). The van der Waals surface area contributed by atoms with Crippen molar-refractivity contribution < 1.29 is 50.1 Å². The quantitative estimate of drug-likeness (QED) is 0.301. The molecule has 1 aliphatic heterocycles. The molecule has 41 heavy (non-hydrogen) atoms. The average molecular weight is 609 g/mol. The smallest absolute Gasteiger partial charge is 0.416 e. The van der Waals surface area contributed by atoms with Crippen LogP contribution in [0, 0.1) is 0 Å². The number of thioether (sulfide) groups is 1. The van der Waals surface area contributed by atoms with Crippen molar-refractivity contribution in [2.75, 3.05) is 32.0 Å². The van der Waals surface area contributed by atoms with Gasteiger partial charge < -0.3 is 14.2 Å². The maximum absolute atomic E-state index is 13.5. The lowest BCUT2D eigenvalue weighted by Gasteiger charge is -2.43. The zero-order valence-corrected chi connectivity index (χ0v) is 23.8. The Kier molecular flexibility index (Phi) is 9.98. The fourth-order valence-corrected chi connectivity index (χ4v) is 5.39. The lowest BCUT2D eigenvalue weighted by atomic mass is 9.89. The van der Waals surface area contributed by atoms with Crippen LogP contribution in [0.2, 0.25) is 0 Å². The first-order chi connectivity index (χ1) is 19.2. The van der Waals surface area contributed by atoms with E-state index in [0.717, 1.165) is 12.0 Å². The molecule has 2 atom stereocenters. The molecule has 0 unspecified atom stereocenters. The summed E-state index contributed by atoms with van der Waals surface area (Å²) in [4.78, 5) is 28.5. The van der Waals surface area contributed by atoms with Gasteiger partial charge >= 0.3 is 24.5 Å². The predicted molar refractivity (Wildman–Crippen MR) is 141 cm³/mol. The van der Waals surface area contributed by atoms with Crippen molar-refractivity contribution in [2.24, 2.45) is 0 Å². The van der Waals surface area contributed by atoms with Crippen LogP contribution in [-0.4, -0.2) is 50.2 Å². The van der Waals surface area contributed by atoms with Gasteiger partial charge in [-0.3, -0.25) is 9.80 Å². The van der Waals surface area contributed by atoms with Gasteiger partial charge in [-0.1, -0.05) is 0 Å². The number of methoxy groups -OCH3 is 2. The Morgan fingerprint density at radius 2 is 1.63 bits per heavy atom. The summed E-state index contributed by atoms with van der Waals surface area (Å²) in [7, 11) is 2.52. The number of hydrogen-bond acceptors (Lipinski definition) is 6. The molecule has 0 saturated heterocycles. The first kappa shape index (κ1) is 32.2. The number of anilines is 1. The number of benzene rings is 2. The normalized spacial score (nSPS) is 17.1. The van der Waals surface area contributed by atoms with E-state index in [-0.39, 0.29) is 19.1 Å². The molecule has 0 spiro atoms. The predicted octanol–water partition coefficient (Wildman–Crippen LogP) is 7.66. The molecule has 0 aliphatic carbocycles. The van der Waals surface area contributed by atoms with Crippen molar-refractivity contribution in [1.82, 2.24) is 4.90 Å². The van der Waals surface area contributed by atoms with Crippen LogP contribution in [-0.2, 0) is 34.1 Å². The number of carbonyl (C=O) groups is 2. The van der Waals surface area contributed by atoms with Crippen LogP contribution in [0.4, 0.5) is 41.6 Å². The van der Waals surface area contributed by atoms with E-state index in [1.807, 2.05) is 6.26 Å². The molecule has 0 N–H and O–H groups in total. The molecule has 14 heteroatoms. The van der Waals surface area contributed by atoms with Crippen molar-refractivity contribution in [3.8, 4) is 5.75 Å². The van der Waals surface area contributed by atoms with Gasteiger partial charge in [0.25, 0.3) is 0 Å². The van der Waals surface area contributed by atoms with E-state index >= 15 is 0 Å². The van der Waals surface area contributed by atoms with Crippen molar-refractivity contribution in [3.63, 3.8) is 0 Å². The number of ether oxygens (including phenoxy) is 3. The minimum Gasteiger partial charge on any atom is -0.496 e. The SMILES string of the molecule is CCOC(=O)N1c2cc(OC)c(CSC)cc2[C@H](N(Cc2cc(C(F)(F)F)cc(C(F)(F)F)c2)C(=O)OC)C[C@@H]1C. The highest BCUT2D eigenvalue weighted by Gasteiger charge is 2.41. The molecule has 1 aliphatic rings. The monoisotopic (exact) mass is 608 g/mol. The van der Waals surface area contributed by atoms with Crippen LogP contribution in [0.1, 0.15) is 54.1 Å². The second kappa shape index (κ2) is 12.7. The van der Waals surface area contributed by atoms with Crippen LogP contribution in [0.15, 0.2) is 30.3 Å². The molecule has 0 saturated carbocycles. The Bertz CT molecular complexity index is 1240. The van der Waals surface area contributed by atoms with Crippen LogP contribution in [0.3, 0.4) is 0 Å². The first-order valence-corrected chi connectivity index (χ1v) is 13.8. The van der Waals surface area contributed by atoms with Gasteiger partial charge in [-0.15, -0.1) is 0 Å². The number of amides is 2. The standard InChI is InChI=1S/C27H30F6N2O5S/c1-6-40-25(37)35-15(2)7-21(20-10-17(14-41-5)23(38-3)12-22(20)35)34(24(36)39-4)13-16-8-18(26(28,29)30)11-19(9-16)27(31,32)33/h8-12,15,21H,6-7,13-14H2,1-5H3/t15-,21+/m0/s1. The first-order valence-electron chi connectivity index (χ1n) is 12.4. The van der Waals surface area contributed by atoms with Crippen LogP contribution in [0.25, 0.3) is 0 Å². The summed E-state index contributed by atoms with van der Waals surface area (Å²) in [6.45, 7) is 2.80. The summed E-state index contributed by atoms with van der Waals surface area (Å²) >= 11 is 1.48. The Balaban J connectivity index is 2.22. The summed E-state index contributed by atoms with van der Waals surface area (Å²) in [6.07, 6.45) is -9.78. The Hall–Kier alpha value is -3.29. The highest BCUT2D eigenvalue weighted by atomic mass is 32.2. The zero-order valence-electron chi connectivity index (χ0n) is 23.0. The molecule has 2 aromatic rings. The fraction of sp³-hybridized carbons (Fsp3) is 0.481. The molecule has 0 fully saturated rings. The topological polar surface area (TPSA) is 68.3 Å². The highest BCUT2D eigenvalue weighted by molar-refractivity contribution is 7.97. The average Bonchev–Trinajstić information content (AvgIpc) is 2.89. The summed E-state index contributed by atoms with van der Waals surface area (Å²) < 4.78 is 96.9. The number of nitrogens with zero attached hydrogens (tertiary/aromatic N) is 2. The summed E-state index contributed by atoms with van der Waals surface area (Å²) in [5, 5.41) is 0. The van der Waals surface area contributed by atoms with Crippen molar-refractivity contribution in [2.45, 2.75) is 57.0 Å². The van der Waals surface area contributed by atoms with E-state index in [9.17, 15) is 35.9 Å². The highest BCUT2D eigenvalue weighted by Crippen LogP contribution is 2.45. The Morgan fingerprint density at radius 1 is 1.02 bits per heavy atom. The Labute approximate surface area is 237 Å². The summed E-state index contributed by atoms with van der Waals surface area (Å²) in [6, 6.07) is 3.06. The van der Waals surface area contributed by atoms with E-state index in [1.54, 1.807) is 26.0 Å². The third-order valence-corrected chi connectivity index (χ3v) is 7.20. The molecule has 0 radical (unpaired) electrons. The van der Waals surface area contributed by atoms with Gasteiger partial charge in [-0.05, 0) is 61.9 Å². The van der Waals surface area contributed by atoms with Gasteiger partial charge in [0.2, 0.25) is 0 Å². The van der Waals surface area contributed by atoms with E-state index in [0.29, 0.717) is 40.4 Å². The maximum atomic E-state index is 13.5. The van der Waals surface area contributed by atoms with Crippen LogP contribution >= 0.6 is 11.8 Å². The molecular weight excluding hydrogens is 578 g/mol. The summed E-state index contributed by atoms with van der Waals surface area (Å²) in [5.74, 6) is 0.941. The van der Waals surface area contributed by atoms with Crippen LogP contribution < -0.4 is 9.64 Å². The third kappa shape index (κ3) is 7.14. The lowest BCUT2D eigenvalue weighted by Crippen LogP contribution is -2.47. The number of hydrogen-bond donors (Lipinski definition) is 0. The van der Waals surface area contributed by atoms with Gasteiger partial charge in [-0.2, -0.15) is 38.1 Å². The Morgan fingerprint density at radius 3 is 2.12 bits per heavy atom. The second-order valence-corrected chi connectivity index (χ2v) is 10.2. The number of halogens is 6. The number of fused-ring (bicyclic) bond motifs is 1. The molecule has 0 bridgehead atoms. The van der Waals surface area contributed by atoms with Gasteiger partial charge in [0.15, 0.2) is 0 Å². The van der Waals surface area contributed by atoms with Crippen molar-refractivity contribution >= 4 is 29.6 Å². The largest absolute Gasteiger partial charge is 0.496 e.